The Morgan fingerprint density at radius 3 is 2.47 bits per heavy atom. The van der Waals surface area contributed by atoms with E-state index in [0.29, 0.717) is 12.5 Å². The Morgan fingerprint density at radius 2 is 1.89 bits per heavy atom. The number of hydrogen-bond acceptors (Lipinski definition) is 2. The topological polar surface area (TPSA) is 55.1 Å². The van der Waals surface area contributed by atoms with Crippen molar-refractivity contribution in [3.8, 4) is 0 Å². The predicted octanol–water partition coefficient (Wildman–Crippen LogP) is 2.98. The first kappa shape index (κ1) is 14.8. The van der Waals surface area contributed by atoms with E-state index in [1.165, 1.54) is 32.1 Å². The molecular formula is C16H30N2O. The van der Waals surface area contributed by atoms with E-state index < -0.39 is 0 Å². The molecule has 3 heteroatoms. The van der Waals surface area contributed by atoms with Gasteiger partial charge in [-0.15, -0.1) is 0 Å². The van der Waals surface area contributed by atoms with E-state index >= 15 is 0 Å². The van der Waals surface area contributed by atoms with Gasteiger partial charge in [-0.05, 0) is 31.6 Å². The van der Waals surface area contributed by atoms with E-state index in [1.807, 2.05) is 0 Å². The van der Waals surface area contributed by atoms with Gasteiger partial charge < -0.3 is 11.1 Å². The molecule has 0 saturated heterocycles. The number of nitrogens with one attached hydrogen (secondary N) is 1. The Hall–Kier alpha value is -0.570. The fourth-order valence-electron chi connectivity index (χ4n) is 3.96. The zero-order valence-corrected chi connectivity index (χ0v) is 12.6. The van der Waals surface area contributed by atoms with Gasteiger partial charge in [0.25, 0.3) is 0 Å². The van der Waals surface area contributed by atoms with E-state index in [0.717, 1.165) is 25.7 Å². The van der Waals surface area contributed by atoms with Gasteiger partial charge in [0.1, 0.15) is 0 Å². The maximum atomic E-state index is 12.7. The second-order valence-electron chi connectivity index (χ2n) is 7.26. The predicted molar refractivity (Wildman–Crippen MR) is 78.8 cm³/mol. The lowest BCUT2D eigenvalue weighted by Crippen LogP contribution is -2.59. The number of carbonyl (C=O) groups excluding carboxylic acids is 1. The number of amides is 1. The Bertz CT molecular complexity index is 323. The van der Waals surface area contributed by atoms with Crippen LogP contribution < -0.4 is 11.1 Å². The molecule has 0 aromatic rings. The second-order valence-corrected chi connectivity index (χ2v) is 7.26. The molecule has 0 aliphatic heterocycles. The highest BCUT2D eigenvalue weighted by Crippen LogP contribution is 2.38. The summed E-state index contributed by atoms with van der Waals surface area (Å²) in [5.74, 6) is 0.934. The molecular weight excluding hydrogens is 236 g/mol. The van der Waals surface area contributed by atoms with Gasteiger partial charge in [-0.2, -0.15) is 0 Å². The Kier molecular flexibility index (Phi) is 4.54. The summed E-state index contributed by atoms with van der Waals surface area (Å²) in [6.45, 7) is 5.00. The lowest BCUT2D eigenvalue weighted by Gasteiger charge is -2.43. The minimum atomic E-state index is -0.152. The average Bonchev–Trinajstić information content (AvgIpc) is 2.39. The molecule has 0 bridgehead atoms. The molecule has 0 aromatic carbocycles. The molecule has 2 atom stereocenters. The molecule has 2 aliphatic rings. The average molecular weight is 266 g/mol. The first-order valence-electron chi connectivity index (χ1n) is 8.02. The van der Waals surface area contributed by atoms with Crippen molar-refractivity contribution < 1.29 is 4.79 Å². The standard InChI is InChI=1S/C16H30N2O/c1-13-7-6-10-16(11-13,12-17)18-14(19)15(2)8-4-3-5-9-15/h13H,3-12,17H2,1-2H3,(H,18,19). The normalized spacial score (nSPS) is 34.8. The number of nitrogens with two attached hydrogens (primary N) is 1. The smallest absolute Gasteiger partial charge is 0.226 e. The summed E-state index contributed by atoms with van der Waals surface area (Å²) in [5, 5.41) is 3.36. The maximum Gasteiger partial charge on any atom is 0.226 e. The van der Waals surface area contributed by atoms with Crippen molar-refractivity contribution in [3.05, 3.63) is 0 Å². The van der Waals surface area contributed by atoms with Crippen LogP contribution in [0.1, 0.15) is 71.6 Å². The van der Waals surface area contributed by atoms with Crippen molar-refractivity contribution in [2.24, 2.45) is 17.1 Å². The van der Waals surface area contributed by atoms with Crippen LogP contribution in [0.3, 0.4) is 0 Å². The van der Waals surface area contributed by atoms with Crippen molar-refractivity contribution in [2.45, 2.75) is 77.2 Å². The third-order valence-electron chi connectivity index (χ3n) is 5.37. The molecule has 2 unspecified atom stereocenters. The van der Waals surface area contributed by atoms with E-state index in [-0.39, 0.29) is 16.9 Å². The number of carbonyl (C=O) groups is 1. The molecule has 0 aromatic heterocycles. The molecule has 110 valence electrons. The number of rotatable bonds is 3. The summed E-state index contributed by atoms with van der Waals surface area (Å²) < 4.78 is 0. The number of hydrogen-bond donors (Lipinski definition) is 2. The first-order valence-corrected chi connectivity index (χ1v) is 8.02. The molecule has 2 rings (SSSR count). The molecule has 2 aliphatic carbocycles. The van der Waals surface area contributed by atoms with Crippen LogP contribution >= 0.6 is 0 Å². The van der Waals surface area contributed by atoms with Crippen molar-refractivity contribution in [2.75, 3.05) is 6.54 Å². The van der Waals surface area contributed by atoms with Crippen molar-refractivity contribution in [1.82, 2.24) is 5.32 Å². The molecule has 2 fully saturated rings. The van der Waals surface area contributed by atoms with Crippen LogP contribution in [0.5, 0.6) is 0 Å². The summed E-state index contributed by atoms with van der Waals surface area (Å²) in [5.41, 5.74) is 5.73. The molecule has 1 amide bonds. The van der Waals surface area contributed by atoms with Gasteiger partial charge in [0.15, 0.2) is 0 Å². The van der Waals surface area contributed by atoms with Gasteiger partial charge in [-0.1, -0.05) is 46.0 Å². The van der Waals surface area contributed by atoms with Crippen LogP contribution in [0.2, 0.25) is 0 Å². The van der Waals surface area contributed by atoms with Gasteiger partial charge in [0, 0.05) is 12.0 Å². The SMILES string of the molecule is CC1CCCC(CN)(NC(=O)C2(C)CCCCC2)C1. The van der Waals surface area contributed by atoms with Crippen LogP contribution in [0.25, 0.3) is 0 Å². The van der Waals surface area contributed by atoms with Crippen LogP contribution in [0.4, 0.5) is 0 Å². The Balaban J connectivity index is 2.03. The van der Waals surface area contributed by atoms with E-state index in [1.54, 1.807) is 0 Å². The zero-order valence-electron chi connectivity index (χ0n) is 12.6. The molecule has 2 saturated carbocycles. The molecule has 0 radical (unpaired) electrons. The second kappa shape index (κ2) is 5.82. The van der Waals surface area contributed by atoms with Crippen molar-refractivity contribution >= 4 is 5.91 Å². The van der Waals surface area contributed by atoms with E-state index in [9.17, 15) is 4.79 Å². The van der Waals surface area contributed by atoms with Gasteiger partial charge in [0.05, 0.1) is 5.54 Å². The van der Waals surface area contributed by atoms with Gasteiger partial charge in [0.2, 0.25) is 5.91 Å². The maximum absolute atomic E-state index is 12.7. The summed E-state index contributed by atoms with van der Waals surface area (Å²) in [7, 11) is 0. The largest absolute Gasteiger partial charge is 0.349 e. The highest BCUT2D eigenvalue weighted by Gasteiger charge is 2.41. The van der Waals surface area contributed by atoms with Gasteiger partial charge >= 0.3 is 0 Å². The van der Waals surface area contributed by atoms with Crippen molar-refractivity contribution in [3.63, 3.8) is 0 Å². The highest BCUT2D eigenvalue weighted by atomic mass is 16.2. The summed E-state index contributed by atoms with van der Waals surface area (Å²) in [4.78, 5) is 12.7. The Morgan fingerprint density at radius 1 is 1.21 bits per heavy atom. The third kappa shape index (κ3) is 3.31. The van der Waals surface area contributed by atoms with Crippen LogP contribution in [-0.4, -0.2) is 18.0 Å². The zero-order chi connectivity index (χ0) is 13.9. The monoisotopic (exact) mass is 266 g/mol. The van der Waals surface area contributed by atoms with Crippen LogP contribution in [0, 0.1) is 11.3 Å². The quantitative estimate of drug-likeness (QED) is 0.825. The summed E-state index contributed by atoms with van der Waals surface area (Å²) in [6.07, 6.45) is 10.3. The third-order valence-corrected chi connectivity index (χ3v) is 5.37. The minimum absolute atomic E-state index is 0.130. The molecule has 19 heavy (non-hydrogen) atoms. The van der Waals surface area contributed by atoms with Crippen LogP contribution in [-0.2, 0) is 4.79 Å². The Labute approximate surface area is 117 Å². The molecule has 3 N–H and O–H groups in total. The van der Waals surface area contributed by atoms with Crippen LogP contribution in [0.15, 0.2) is 0 Å². The fraction of sp³-hybridized carbons (Fsp3) is 0.938. The summed E-state index contributed by atoms with van der Waals surface area (Å²) >= 11 is 0. The minimum Gasteiger partial charge on any atom is -0.349 e. The lowest BCUT2D eigenvalue weighted by atomic mass is 9.72. The molecule has 0 spiro atoms. The van der Waals surface area contributed by atoms with Gasteiger partial charge in [-0.25, -0.2) is 0 Å². The lowest BCUT2D eigenvalue weighted by molar-refractivity contribution is -0.134. The van der Waals surface area contributed by atoms with Crippen molar-refractivity contribution in [1.29, 1.82) is 0 Å². The highest BCUT2D eigenvalue weighted by molar-refractivity contribution is 5.83. The van der Waals surface area contributed by atoms with E-state index in [2.05, 4.69) is 19.2 Å². The summed E-state index contributed by atoms with van der Waals surface area (Å²) in [6, 6.07) is 0. The van der Waals surface area contributed by atoms with Gasteiger partial charge in [-0.3, -0.25) is 4.79 Å². The molecule has 3 nitrogen and oxygen atoms in total. The first-order chi connectivity index (χ1) is 9.00. The molecule has 0 heterocycles. The van der Waals surface area contributed by atoms with E-state index in [4.69, 9.17) is 5.73 Å². The fourth-order valence-corrected chi connectivity index (χ4v) is 3.96.